The smallest absolute Gasteiger partial charge is 0.311 e. The summed E-state index contributed by atoms with van der Waals surface area (Å²) in [5.41, 5.74) is 11.2. The summed E-state index contributed by atoms with van der Waals surface area (Å²) in [6.07, 6.45) is 4.04. The first-order valence-electron chi connectivity index (χ1n) is 17.0. The van der Waals surface area contributed by atoms with Crippen molar-refractivity contribution in [2.75, 3.05) is 32.8 Å². The van der Waals surface area contributed by atoms with E-state index in [1.165, 1.54) is 22.3 Å². The van der Waals surface area contributed by atoms with Gasteiger partial charge in [0.25, 0.3) is 0 Å². The van der Waals surface area contributed by atoms with E-state index in [0.717, 1.165) is 72.2 Å². The van der Waals surface area contributed by atoms with Gasteiger partial charge in [-0.2, -0.15) is 0 Å². The van der Waals surface area contributed by atoms with Crippen molar-refractivity contribution < 1.29 is 19.4 Å². The molecule has 8 rings (SSSR count). The van der Waals surface area contributed by atoms with E-state index >= 15 is 0 Å². The molecule has 2 saturated heterocycles. The van der Waals surface area contributed by atoms with Gasteiger partial charge >= 0.3 is 11.9 Å². The zero-order valence-corrected chi connectivity index (χ0v) is 28.4. The number of carbonyl (C=O) groups excluding carboxylic acids is 1. The van der Waals surface area contributed by atoms with Gasteiger partial charge in [0, 0.05) is 60.5 Å². The lowest BCUT2D eigenvalue weighted by atomic mass is 9.92. The molecule has 0 aromatic heterocycles. The maximum absolute atomic E-state index is 12.1. The van der Waals surface area contributed by atoms with Crippen molar-refractivity contribution >= 4 is 35.1 Å². The van der Waals surface area contributed by atoms with E-state index in [4.69, 9.17) is 27.9 Å². The number of rotatable bonds is 8. The molecule has 48 heavy (non-hydrogen) atoms. The number of hydrogen-bond donors (Lipinski definition) is 1. The highest BCUT2D eigenvalue weighted by Gasteiger charge is 2.41. The fourth-order valence-corrected chi connectivity index (χ4v) is 8.98. The molecule has 2 atom stereocenters. The van der Waals surface area contributed by atoms with Crippen molar-refractivity contribution in [1.29, 1.82) is 0 Å². The number of carboxylic acids is 1. The summed E-state index contributed by atoms with van der Waals surface area (Å²) in [6, 6.07) is 26.2. The van der Waals surface area contributed by atoms with Crippen LogP contribution < -0.4 is 0 Å². The number of carboxylic acid groups (broad SMARTS) is 1. The maximum Gasteiger partial charge on any atom is 0.311 e. The van der Waals surface area contributed by atoms with Crippen LogP contribution in [0.25, 0.3) is 33.4 Å². The highest BCUT2D eigenvalue weighted by molar-refractivity contribution is 6.39. The zero-order chi connectivity index (χ0) is 33.1. The number of nitrogens with zero attached hydrogens (tertiary/aromatic N) is 2. The molecular formula is C40H38Cl2N2O4. The minimum absolute atomic E-state index is 0.0133. The molecule has 0 unspecified atom stereocenters. The van der Waals surface area contributed by atoms with E-state index in [1.807, 2.05) is 31.2 Å². The van der Waals surface area contributed by atoms with Crippen LogP contribution in [0.5, 0.6) is 0 Å². The lowest BCUT2D eigenvalue weighted by molar-refractivity contribution is -0.155. The van der Waals surface area contributed by atoms with Crippen molar-refractivity contribution in [1.82, 2.24) is 9.80 Å². The molecule has 8 heteroatoms. The van der Waals surface area contributed by atoms with Gasteiger partial charge in [-0.3, -0.25) is 19.4 Å². The standard InChI is InChI=1S/C40H38Cl2N2O4/c1-2-48-40(47)28-21-44(22-28)36-16-12-24-18-26(10-14-30(24)36)32-6-4-8-34(38(32)42)33-7-3-5-31(37(33)41)25-9-13-29-23(17-25)11-15-35(29)43-19-27(20-43)39(45)46/h3-10,13-14,17-18,27-28,35-36H,2,11-12,15-16,19-22H2,1H3,(H,45,46)/t35-,36-/m0/s1. The molecule has 4 aromatic carbocycles. The zero-order valence-electron chi connectivity index (χ0n) is 26.9. The van der Waals surface area contributed by atoms with E-state index < -0.39 is 5.97 Å². The molecule has 2 aliphatic heterocycles. The Morgan fingerprint density at radius 2 is 1.17 bits per heavy atom. The number of aliphatic carboxylic acids is 1. The normalized spacial score (nSPS) is 21.0. The van der Waals surface area contributed by atoms with E-state index in [-0.39, 0.29) is 23.8 Å². The fourth-order valence-electron chi connectivity index (χ4n) is 8.31. The van der Waals surface area contributed by atoms with Gasteiger partial charge in [-0.25, -0.2) is 0 Å². The molecule has 246 valence electrons. The van der Waals surface area contributed by atoms with Crippen LogP contribution in [0.15, 0.2) is 72.8 Å². The molecule has 2 aliphatic carbocycles. The van der Waals surface area contributed by atoms with E-state index in [9.17, 15) is 14.7 Å². The monoisotopic (exact) mass is 680 g/mol. The average Bonchev–Trinajstić information content (AvgIpc) is 3.64. The summed E-state index contributed by atoms with van der Waals surface area (Å²) in [5, 5.41) is 10.7. The van der Waals surface area contributed by atoms with Gasteiger partial charge in [0.2, 0.25) is 0 Å². The lowest BCUT2D eigenvalue weighted by Gasteiger charge is -2.42. The van der Waals surface area contributed by atoms with Gasteiger partial charge in [-0.05, 0) is 66.0 Å². The van der Waals surface area contributed by atoms with Crippen LogP contribution in [0.3, 0.4) is 0 Å². The molecular weight excluding hydrogens is 643 g/mol. The molecule has 2 fully saturated rings. The van der Waals surface area contributed by atoms with Gasteiger partial charge in [-0.1, -0.05) is 96.0 Å². The number of fused-ring (bicyclic) bond motifs is 2. The number of carbonyl (C=O) groups is 2. The highest BCUT2D eigenvalue weighted by atomic mass is 35.5. The van der Waals surface area contributed by atoms with Crippen molar-refractivity contribution in [3.8, 4) is 33.4 Å². The Bertz CT molecular complexity index is 1930. The number of aryl methyl sites for hydroxylation is 2. The minimum Gasteiger partial charge on any atom is -0.481 e. The number of benzene rings is 4. The second-order valence-corrected chi connectivity index (χ2v) is 14.4. The number of halogens is 2. The Morgan fingerprint density at radius 3 is 1.62 bits per heavy atom. The van der Waals surface area contributed by atoms with Crippen LogP contribution >= 0.6 is 23.2 Å². The van der Waals surface area contributed by atoms with E-state index in [1.54, 1.807) is 0 Å². The van der Waals surface area contributed by atoms with E-state index in [0.29, 0.717) is 35.8 Å². The average molecular weight is 682 g/mol. The van der Waals surface area contributed by atoms with Crippen molar-refractivity contribution in [3.63, 3.8) is 0 Å². The fraction of sp³-hybridized carbons (Fsp3) is 0.350. The van der Waals surface area contributed by atoms with E-state index in [2.05, 4.69) is 58.3 Å². The molecule has 0 radical (unpaired) electrons. The third kappa shape index (κ3) is 5.43. The van der Waals surface area contributed by atoms with Crippen LogP contribution in [0.2, 0.25) is 10.0 Å². The maximum atomic E-state index is 12.1. The Kier molecular flexibility index (Phi) is 8.32. The first-order chi connectivity index (χ1) is 23.3. The summed E-state index contributed by atoms with van der Waals surface area (Å²) in [5.74, 6) is -1.04. The van der Waals surface area contributed by atoms with Gasteiger partial charge in [0.05, 0.1) is 28.5 Å². The number of ether oxygens (including phenoxy) is 1. The molecule has 4 aromatic rings. The molecule has 0 amide bonds. The Morgan fingerprint density at radius 1 is 0.708 bits per heavy atom. The minimum atomic E-state index is -0.698. The molecule has 1 N–H and O–H groups in total. The summed E-state index contributed by atoms with van der Waals surface area (Å²) < 4.78 is 5.22. The van der Waals surface area contributed by atoms with Gasteiger partial charge in [0.15, 0.2) is 0 Å². The topological polar surface area (TPSA) is 70.1 Å². The number of hydrogen-bond acceptors (Lipinski definition) is 5. The third-order valence-electron chi connectivity index (χ3n) is 11.0. The van der Waals surface area contributed by atoms with Crippen molar-refractivity contribution in [3.05, 3.63) is 105 Å². The Hall–Kier alpha value is -3.68. The second-order valence-electron chi connectivity index (χ2n) is 13.7. The lowest BCUT2D eigenvalue weighted by Crippen LogP contribution is -2.51. The Labute approximate surface area is 291 Å². The first-order valence-corrected chi connectivity index (χ1v) is 17.8. The van der Waals surface area contributed by atoms with Crippen LogP contribution in [0.1, 0.15) is 54.1 Å². The SMILES string of the molecule is CCOC(=O)C1CN([C@H]2CCc3cc(-c4cccc(-c5cccc(-c6ccc7c(c6)CC[C@@H]7N6CC(C(=O)O)C6)c5Cl)c4Cl)ccc32)C1. The molecule has 0 bridgehead atoms. The molecule has 2 heterocycles. The van der Waals surface area contributed by atoms with Gasteiger partial charge in [0.1, 0.15) is 0 Å². The molecule has 0 saturated carbocycles. The van der Waals surface area contributed by atoms with Crippen LogP contribution in [0, 0.1) is 11.8 Å². The largest absolute Gasteiger partial charge is 0.481 e. The summed E-state index contributed by atoms with van der Waals surface area (Å²) >= 11 is 14.4. The number of esters is 1. The molecule has 4 aliphatic rings. The van der Waals surface area contributed by atoms with Crippen molar-refractivity contribution in [2.45, 2.75) is 44.7 Å². The second kappa shape index (κ2) is 12.6. The van der Waals surface area contributed by atoms with Gasteiger partial charge < -0.3 is 9.84 Å². The quantitative estimate of drug-likeness (QED) is 0.188. The molecule has 0 spiro atoms. The molecule has 6 nitrogen and oxygen atoms in total. The first kappa shape index (κ1) is 31.6. The van der Waals surface area contributed by atoms with Crippen LogP contribution in [-0.4, -0.2) is 59.6 Å². The van der Waals surface area contributed by atoms with Crippen LogP contribution in [0.4, 0.5) is 0 Å². The third-order valence-corrected chi connectivity index (χ3v) is 11.8. The summed E-state index contributed by atoms with van der Waals surface area (Å²) in [7, 11) is 0. The predicted octanol–water partition coefficient (Wildman–Crippen LogP) is 8.48. The Balaban J connectivity index is 1.03. The summed E-state index contributed by atoms with van der Waals surface area (Å²) in [4.78, 5) is 28.1. The number of likely N-dealkylation sites (tertiary alicyclic amines) is 2. The predicted molar refractivity (Wildman–Crippen MR) is 189 cm³/mol. The highest BCUT2D eigenvalue weighted by Crippen LogP contribution is 2.46. The summed E-state index contributed by atoms with van der Waals surface area (Å²) in [6.45, 7) is 5.06. The van der Waals surface area contributed by atoms with Crippen molar-refractivity contribution in [2.24, 2.45) is 11.8 Å². The van der Waals surface area contributed by atoms with Crippen LogP contribution in [-0.2, 0) is 27.2 Å². The van der Waals surface area contributed by atoms with Gasteiger partial charge in [-0.15, -0.1) is 0 Å².